The minimum atomic E-state index is -0.412. The summed E-state index contributed by atoms with van der Waals surface area (Å²) in [5.41, 5.74) is 9.02. The van der Waals surface area contributed by atoms with Crippen molar-refractivity contribution in [1.82, 2.24) is 15.0 Å². The van der Waals surface area contributed by atoms with E-state index < -0.39 is 5.91 Å². The lowest BCUT2D eigenvalue weighted by Crippen LogP contribution is -2.36. The molecule has 0 saturated carbocycles. The molecule has 2 aromatic heterocycles. The molecule has 10 nitrogen and oxygen atoms in total. The minimum absolute atomic E-state index is 0.0797. The smallest absolute Gasteiger partial charge is 0.290 e. The molecule has 1 amide bonds. The summed E-state index contributed by atoms with van der Waals surface area (Å²) in [5.74, 6) is 0.935. The SMILES string of the molecule is Nc1ncc2nc1C(=O)Nc1cnccc1N1CCC(CC1)COc1cccc-2c1.O=CO. The molecule has 0 unspecified atom stereocenters. The molecule has 6 rings (SSSR count). The zero-order chi connectivity index (χ0) is 23.2. The van der Waals surface area contributed by atoms with Gasteiger partial charge in [0, 0.05) is 24.8 Å². The van der Waals surface area contributed by atoms with Gasteiger partial charge in [-0.25, -0.2) is 9.97 Å². The molecule has 170 valence electrons. The van der Waals surface area contributed by atoms with Crippen LogP contribution in [-0.4, -0.2) is 52.1 Å². The van der Waals surface area contributed by atoms with E-state index in [1.54, 1.807) is 18.6 Å². The molecular formula is C23H24N6O4. The number of fused-ring (bicyclic) bond motifs is 4. The average molecular weight is 448 g/mol. The third-order valence-electron chi connectivity index (χ3n) is 5.63. The van der Waals surface area contributed by atoms with Crippen molar-refractivity contribution in [3.63, 3.8) is 0 Å². The maximum absolute atomic E-state index is 13.0. The Balaban J connectivity index is 0.000000821. The first-order valence-corrected chi connectivity index (χ1v) is 10.5. The van der Waals surface area contributed by atoms with E-state index in [4.69, 9.17) is 20.4 Å². The van der Waals surface area contributed by atoms with Gasteiger partial charge in [-0.15, -0.1) is 0 Å². The van der Waals surface area contributed by atoms with Crippen molar-refractivity contribution in [1.29, 1.82) is 0 Å². The van der Waals surface area contributed by atoms with E-state index in [0.717, 1.165) is 42.9 Å². The number of hydrogen-bond acceptors (Lipinski definition) is 8. The summed E-state index contributed by atoms with van der Waals surface area (Å²) in [6.45, 7) is 2.20. The normalized spacial score (nSPS) is 15.4. The van der Waals surface area contributed by atoms with Crippen molar-refractivity contribution in [2.24, 2.45) is 5.92 Å². The fraction of sp³-hybridized carbons (Fsp3) is 0.261. The number of ether oxygens (including phenoxy) is 1. The van der Waals surface area contributed by atoms with Crippen molar-refractivity contribution in [3.05, 3.63) is 54.6 Å². The number of pyridine rings is 1. The van der Waals surface area contributed by atoms with Gasteiger partial charge in [-0.3, -0.25) is 14.6 Å². The number of nitrogen functional groups attached to an aromatic ring is 1. The standard InChI is InChI=1S/C22H22N6O2.CH2O2/c23-21-20-22(29)27-18-11-24-7-4-19(18)28-8-5-14(6-9-28)13-30-16-3-1-2-15(10-16)17(26-20)12-25-21;2-1-3/h1-4,7,10-12,14H,5-6,8-9,13H2,(H2,23,25)(H,27,29);1H,(H,2,3). The number of nitrogens with zero attached hydrogens (tertiary/aromatic N) is 4. The zero-order valence-electron chi connectivity index (χ0n) is 17.8. The topological polar surface area (TPSA) is 144 Å². The van der Waals surface area contributed by atoms with Crippen molar-refractivity contribution >= 4 is 29.6 Å². The lowest BCUT2D eigenvalue weighted by Gasteiger charge is -2.34. The molecule has 0 radical (unpaired) electrons. The third-order valence-corrected chi connectivity index (χ3v) is 5.63. The highest BCUT2D eigenvalue weighted by Crippen LogP contribution is 2.31. The highest BCUT2D eigenvalue weighted by molar-refractivity contribution is 6.07. The molecule has 3 aliphatic heterocycles. The molecule has 0 spiro atoms. The Morgan fingerprint density at radius 1 is 1.21 bits per heavy atom. The highest BCUT2D eigenvalue weighted by Gasteiger charge is 2.24. The van der Waals surface area contributed by atoms with E-state index in [9.17, 15) is 4.79 Å². The molecule has 3 aliphatic rings. The van der Waals surface area contributed by atoms with Crippen LogP contribution in [0.2, 0.25) is 0 Å². The second kappa shape index (κ2) is 9.94. The molecule has 0 aliphatic carbocycles. The molecule has 10 heteroatoms. The number of benzene rings is 1. The van der Waals surface area contributed by atoms with Gasteiger partial charge in [-0.2, -0.15) is 0 Å². The lowest BCUT2D eigenvalue weighted by molar-refractivity contribution is -0.122. The number of rotatable bonds is 0. The van der Waals surface area contributed by atoms with E-state index >= 15 is 0 Å². The Morgan fingerprint density at radius 3 is 2.79 bits per heavy atom. The van der Waals surface area contributed by atoms with E-state index in [1.807, 2.05) is 30.3 Å². The molecule has 5 heterocycles. The van der Waals surface area contributed by atoms with Crippen molar-refractivity contribution in [3.8, 4) is 17.0 Å². The van der Waals surface area contributed by atoms with E-state index in [0.29, 0.717) is 23.9 Å². The van der Waals surface area contributed by atoms with Crippen molar-refractivity contribution in [2.45, 2.75) is 12.8 Å². The molecule has 33 heavy (non-hydrogen) atoms. The zero-order valence-corrected chi connectivity index (χ0v) is 17.8. The summed E-state index contributed by atoms with van der Waals surface area (Å²) >= 11 is 0. The Labute approximate surface area is 190 Å². The van der Waals surface area contributed by atoms with Gasteiger partial charge in [0.15, 0.2) is 11.5 Å². The van der Waals surface area contributed by atoms with Crippen LogP contribution in [0.1, 0.15) is 23.3 Å². The average Bonchev–Trinajstić information content (AvgIpc) is 2.84. The first kappa shape index (κ1) is 22.0. The molecule has 1 aromatic carbocycles. The molecule has 1 saturated heterocycles. The van der Waals surface area contributed by atoms with Crippen LogP contribution in [0.15, 0.2) is 48.9 Å². The Morgan fingerprint density at radius 2 is 2.00 bits per heavy atom. The predicted octanol–water partition coefficient (Wildman–Crippen LogP) is 2.68. The first-order valence-electron chi connectivity index (χ1n) is 10.5. The molecular weight excluding hydrogens is 424 g/mol. The van der Waals surface area contributed by atoms with Gasteiger partial charge in [-0.1, -0.05) is 12.1 Å². The van der Waals surface area contributed by atoms with Gasteiger partial charge >= 0.3 is 0 Å². The van der Waals surface area contributed by atoms with E-state index in [2.05, 4.69) is 25.2 Å². The van der Waals surface area contributed by atoms with E-state index in [-0.39, 0.29) is 18.0 Å². The number of nitrogens with one attached hydrogen (secondary N) is 1. The van der Waals surface area contributed by atoms with Crippen LogP contribution in [0.5, 0.6) is 5.75 Å². The summed E-state index contributed by atoms with van der Waals surface area (Å²) in [6, 6.07) is 9.60. The number of piperidine rings is 1. The summed E-state index contributed by atoms with van der Waals surface area (Å²) in [5, 5.41) is 9.82. The minimum Gasteiger partial charge on any atom is -0.493 e. The predicted molar refractivity (Wildman–Crippen MR) is 123 cm³/mol. The number of carboxylic acid groups (broad SMARTS) is 1. The highest BCUT2D eigenvalue weighted by atomic mass is 16.5. The molecule has 6 bridgehead atoms. The number of carbonyl (C=O) groups excluding carboxylic acids is 1. The fourth-order valence-electron chi connectivity index (χ4n) is 3.95. The first-order chi connectivity index (χ1) is 16.1. The fourth-order valence-corrected chi connectivity index (χ4v) is 3.95. The van der Waals surface area contributed by atoms with Gasteiger partial charge in [0.1, 0.15) is 5.75 Å². The second-order valence-electron chi connectivity index (χ2n) is 7.71. The van der Waals surface area contributed by atoms with Gasteiger partial charge in [0.2, 0.25) is 0 Å². The largest absolute Gasteiger partial charge is 0.493 e. The van der Waals surface area contributed by atoms with Crippen LogP contribution in [0.3, 0.4) is 0 Å². The Kier molecular flexibility index (Phi) is 6.63. The summed E-state index contributed by atoms with van der Waals surface area (Å²) in [6.07, 6.45) is 7.00. The molecule has 0 atom stereocenters. The van der Waals surface area contributed by atoms with Crippen LogP contribution in [0, 0.1) is 5.92 Å². The summed E-state index contributed by atoms with van der Waals surface area (Å²) < 4.78 is 6.08. The monoisotopic (exact) mass is 448 g/mol. The number of carbonyl (C=O) groups is 2. The van der Waals surface area contributed by atoms with Gasteiger partial charge in [0.05, 0.1) is 36.1 Å². The third kappa shape index (κ3) is 5.00. The van der Waals surface area contributed by atoms with Crippen molar-refractivity contribution < 1.29 is 19.4 Å². The molecule has 4 N–H and O–H groups in total. The number of hydrogen-bond donors (Lipinski definition) is 3. The maximum Gasteiger partial charge on any atom is 0.290 e. The van der Waals surface area contributed by atoms with Crippen LogP contribution >= 0.6 is 0 Å². The van der Waals surface area contributed by atoms with Gasteiger partial charge < -0.3 is 25.8 Å². The summed E-state index contributed by atoms with van der Waals surface area (Å²) in [7, 11) is 0. The van der Waals surface area contributed by atoms with E-state index in [1.165, 1.54) is 0 Å². The lowest BCUT2D eigenvalue weighted by atomic mass is 9.97. The summed E-state index contributed by atoms with van der Waals surface area (Å²) in [4.78, 5) is 36.5. The quantitative estimate of drug-likeness (QED) is 0.442. The number of aromatic nitrogens is 3. The number of amides is 1. The Hall–Kier alpha value is -4.21. The maximum atomic E-state index is 13.0. The van der Waals surface area contributed by atoms with Crippen molar-refractivity contribution in [2.75, 3.05) is 35.6 Å². The number of nitrogens with two attached hydrogens (primary N) is 1. The Bertz CT molecular complexity index is 1150. The second-order valence-corrected chi connectivity index (χ2v) is 7.71. The molecule has 3 aromatic rings. The van der Waals surface area contributed by atoms with Crippen LogP contribution in [0.25, 0.3) is 11.3 Å². The van der Waals surface area contributed by atoms with Crippen LogP contribution in [-0.2, 0) is 4.79 Å². The van der Waals surface area contributed by atoms with Crippen LogP contribution < -0.4 is 20.7 Å². The molecule has 1 fully saturated rings. The van der Waals surface area contributed by atoms with Gasteiger partial charge in [-0.05, 0) is 37.0 Å². The number of anilines is 3. The van der Waals surface area contributed by atoms with Gasteiger partial charge in [0.25, 0.3) is 12.4 Å². The van der Waals surface area contributed by atoms with Crippen LogP contribution in [0.4, 0.5) is 17.2 Å².